The minimum Gasteiger partial charge on any atom is -0.255 e. The highest BCUT2D eigenvalue weighted by atomic mass is 19.2. The summed E-state index contributed by atoms with van der Waals surface area (Å²) in [7, 11) is 0.500. The molecule has 0 amide bonds. The highest BCUT2D eigenvalue weighted by Gasteiger charge is 2.23. The molecule has 0 saturated heterocycles. The monoisotopic (exact) mass is 218 g/mol. The van der Waals surface area contributed by atoms with Crippen LogP contribution in [-0.2, 0) is 0 Å². The first-order valence-corrected chi connectivity index (χ1v) is 4.78. The maximum Gasteiger partial charge on any atom is 0.113 e. The molecule has 0 saturated carbocycles. The Morgan fingerprint density at radius 1 is 0.929 bits per heavy atom. The maximum atomic E-state index is 13.0. The van der Waals surface area contributed by atoms with Crippen LogP contribution in [0.15, 0.2) is 0 Å². The van der Waals surface area contributed by atoms with Crippen molar-refractivity contribution < 1.29 is 17.6 Å². The van der Waals surface area contributed by atoms with Crippen LogP contribution < -0.4 is 0 Å². The van der Waals surface area contributed by atoms with Gasteiger partial charge in [0, 0.05) is 6.42 Å². The lowest BCUT2D eigenvalue weighted by atomic mass is 9.96. The van der Waals surface area contributed by atoms with E-state index in [1.54, 1.807) is 13.8 Å². The van der Waals surface area contributed by atoms with Crippen molar-refractivity contribution in [2.45, 2.75) is 45.7 Å². The summed E-state index contributed by atoms with van der Waals surface area (Å²) in [6.45, 7) is 4.16. The molecule has 0 aliphatic heterocycles. The Balaban J connectivity index is -0.000000205. The van der Waals surface area contributed by atoms with Gasteiger partial charge in [-0.25, -0.2) is 4.39 Å². The van der Waals surface area contributed by atoms with Crippen LogP contribution in [0.4, 0.5) is 17.6 Å². The van der Waals surface area contributed by atoms with Crippen molar-refractivity contribution in [3.8, 4) is 0 Å². The predicted molar refractivity (Wildman–Crippen MR) is 53.7 cm³/mol. The molecule has 0 heterocycles. The molecule has 0 aromatic rings. The first-order chi connectivity index (χ1) is 6.60. The lowest BCUT2D eigenvalue weighted by Gasteiger charge is -2.19. The second-order valence-corrected chi connectivity index (χ2v) is 2.56. The van der Waals surface area contributed by atoms with Gasteiger partial charge in [-0.1, -0.05) is 13.8 Å². The van der Waals surface area contributed by atoms with Gasteiger partial charge >= 0.3 is 0 Å². The summed E-state index contributed by atoms with van der Waals surface area (Å²) in [5.74, 6) is 0. The molecule has 0 aromatic carbocycles. The zero-order valence-electron chi connectivity index (χ0n) is 9.55. The number of alkyl halides is 4. The molecule has 4 heteroatoms. The Kier molecular flexibility index (Phi) is 21.0. The highest BCUT2D eigenvalue weighted by Crippen LogP contribution is 2.24. The van der Waals surface area contributed by atoms with Crippen LogP contribution in [0.2, 0.25) is 0 Å². The summed E-state index contributed by atoms with van der Waals surface area (Å²) in [6.07, 6.45) is 0.904. The van der Waals surface area contributed by atoms with E-state index in [9.17, 15) is 17.6 Å². The summed E-state index contributed by atoms with van der Waals surface area (Å²) in [4.78, 5) is 0. The zero-order valence-corrected chi connectivity index (χ0v) is 9.55. The van der Waals surface area contributed by atoms with Crippen molar-refractivity contribution in [3.05, 3.63) is 0 Å². The predicted octanol–water partition coefficient (Wildman–Crippen LogP) is 4.44. The van der Waals surface area contributed by atoms with E-state index in [0.717, 1.165) is 0 Å². The Hall–Kier alpha value is -0.280. The molecule has 0 unspecified atom stereocenters. The van der Waals surface area contributed by atoms with Crippen LogP contribution in [0.3, 0.4) is 0 Å². The summed E-state index contributed by atoms with van der Waals surface area (Å²) in [6, 6.07) is 0. The van der Waals surface area contributed by atoms with Gasteiger partial charge in [-0.15, -0.1) is 0 Å². The molecule has 90 valence electrons. The van der Waals surface area contributed by atoms with Gasteiger partial charge in [0.25, 0.3) is 0 Å². The molecule has 0 bridgehead atoms. The van der Waals surface area contributed by atoms with Gasteiger partial charge in [-0.05, 0) is 19.8 Å². The molecule has 0 aliphatic carbocycles. The van der Waals surface area contributed by atoms with Crippen LogP contribution in [0.1, 0.15) is 40.0 Å². The summed E-state index contributed by atoms with van der Waals surface area (Å²) in [5, 5.41) is 0. The van der Waals surface area contributed by atoms with Crippen molar-refractivity contribution in [1.82, 2.24) is 0 Å². The van der Waals surface area contributed by atoms with E-state index in [2.05, 4.69) is 0 Å². The molecule has 0 atom stereocenters. The SMILES string of the molecule is CCC(F)(CC)CCF.CCF.CF. The standard InChI is InChI=1S/C7H14F2.C2H5F.CH3F/c1-3-7(9,4-2)5-6-8;1-2-3;1-2/h3-6H2,1-2H3;2H2,1H3;1H3. The first kappa shape index (κ1) is 19.3. The van der Waals surface area contributed by atoms with E-state index >= 15 is 0 Å². The van der Waals surface area contributed by atoms with E-state index in [1.807, 2.05) is 0 Å². The van der Waals surface area contributed by atoms with Gasteiger partial charge in [0.2, 0.25) is 0 Å². The van der Waals surface area contributed by atoms with E-state index in [0.29, 0.717) is 20.0 Å². The minimum absolute atomic E-state index is 0.0556. The fourth-order valence-electron chi connectivity index (χ4n) is 0.773. The lowest BCUT2D eigenvalue weighted by molar-refractivity contribution is 0.126. The topological polar surface area (TPSA) is 0 Å². The number of rotatable bonds is 4. The smallest absolute Gasteiger partial charge is 0.113 e. The molecule has 0 rings (SSSR count). The van der Waals surface area contributed by atoms with Crippen LogP contribution in [0.25, 0.3) is 0 Å². The lowest BCUT2D eigenvalue weighted by Crippen LogP contribution is -2.20. The summed E-state index contributed by atoms with van der Waals surface area (Å²) < 4.78 is 44.4. The quantitative estimate of drug-likeness (QED) is 0.612. The summed E-state index contributed by atoms with van der Waals surface area (Å²) in [5.41, 5.74) is -1.24. The second-order valence-electron chi connectivity index (χ2n) is 2.56. The van der Waals surface area contributed by atoms with Gasteiger partial charge in [0.15, 0.2) is 0 Å². The Morgan fingerprint density at radius 2 is 1.21 bits per heavy atom. The van der Waals surface area contributed by atoms with E-state index in [-0.39, 0.29) is 13.1 Å². The van der Waals surface area contributed by atoms with Crippen molar-refractivity contribution in [2.24, 2.45) is 0 Å². The molecule has 0 aliphatic rings. The Morgan fingerprint density at radius 3 is 1.29 bits per heavy atom. The maximum absolute atomic E-state index is 13.0. The molecule has 0 aromatic heterocycles. The molecule has 0 nitrogen and oxygen atoms in total. The summed E-state index contributed by atoms with van der Waals surface area (Å²) >= 11 is 0. The number of hydrogen-bond acceptors (Lipinski definition) is 0. The van der Waals surface area contributed by atoms with Crippen molar-refractivity contribution in [3.63, 3.8) is 0 Å². The van der Waals surface area contributed by atoms with Gasteiger partial charge in [0.1, 0.15) is 5.67 Å². The Labute approximate surface area is 84.7 Å². The van der Waals surface area contributed by atoms with Crippen molar-refractivity contribution >= 4 is 0 Å². The molecule has 0 spiro atoms. The van der Waals surface area contributed by atoms with Crippen molar-refractivity contribution in [1.29, 1.82) is 0 Å². The average molecular weight is 218 g/mol. The zero-order chi connectivity index (χ0) is 12.0. The van der Waals surface area contributed by atoms with Crippen LogP contribution >= 0.6 is 0 Å². The average Bonchev–Trinajstić information content (AvgIpc) is 2.22. The number of hydrogen-bond donors (Lipinski definition) is 0. The Bertz CT molecular complexity index is 82.2. The fraction of sp³-hybridized carbons (Fsp3) is 1.00. The third kappa shape index (κ3) is 14.3. The minimum atomic E-state index is -1.24. The van der Waals surface area contributed by atoms with Crippen LogP contribution in [0.5, 0.6) is 0 Å². The fourth-order valence-corrected chi connectivity index (χ4v) is 0.773. The second kappa shape index (κ2) is 15.2. The van der Waals surface area contributed by atoms with Gasteiger partial charge in [0.05, 0.1) is 20.5 Å². The van der Waals surface area contributed by atoms with E-state index in [1.165, 1.54) is 6.92 Å². The molecule has 0 fully saturated rings. The van der Waals surface area contributed by atoms with Gasteiger partial charge in [-0.3, -0.25) is 13.2 Å². The van der Waals surface area contributed by atoms with E-state index in [4.69, 9.17) is 0 Å². The van der Waals surface area contributed by atoms with Gasteiger partial charge < -0.3 is 0 Å². The first-order valence-electron chi connectivity index (χ1n) is 4.78. The third-order valence-corrected chi connectivity index (χ3v) is 1.81. The molecular weight excluding hydrogens is 196 g/mol. The molecule has 0 radical (unpaired) electrons. The third-order valence-electron chi connectivity index (χ3n) is 1.81. The largest absolute Gasteiger partial charge is 0.255 e. The van der Waals surface area contributed by atoms with Crippen LogP contribution in [-0.4, -0.2) is 26.2 Å². The van der Waals surface area contributed by atoms with Gasteiger partial charge in [-0.2, -0.15) is 0 Å². The molecule has 0 N–H and O–H groups in total. The van der Waals surface area contributed by atoms with Crippen molar-refractivity contribution in [2.75, 3.05) is 20.5 Å². The number of halogens is 4. The van der Waals surface area contributed by atoms with E-state index < -0.39 is 12.3 Å². The molecular formula is C10H22F4. The van der Waals surface area contributed by atoms with Crippen LogP contribution in [0, 0.1) is 0 Å². The normalized spacial score (nSPS) is 9.43. The molecule has 14 heavy (non-hydrogen) atoms. The highest BCUT2D eigenvalue weighted by molar-refractivity contribution is 4.74.